The normalized spacial score (nSPS) is 9.89. The Bertz CT molecular complexity index is 169. The van der Waals surface area contributed by atoms with Gasteiger partial charge in [0, 0.05) is 12.8 Å². The third kappa shape index (κ3) is 20.9. The number of alkyl halides is 1. The van der Waals surface area contributed by atoms with Crippen molar-refractivity contribution in [3.8, 4) is 0 Å². The highest BCUT2D eigenvalue weighted by atomic mass is 127. The minimum Gasteiger partial charge on any atom is -0.300 e. The van der Waals surface area contributed by atoms with Gasteiger partial charge in [-0.2, -0.15) is 0 Å². The zero-order chi connectivity index (χ0) is 14.8. The summed E-state index contributed by atoms with van der Waals surface area (Å²) in [5.41, 5.74) is 0. The van der Waals surface area contributed by atoms with Crippen molar-refractivity contribution < 1.29 is 4.79 Å². The van der Waals surface area contributed by atoms with Crippen molar-refractivity contribution in [1.82, 2.24) is 0 Å². The fraction of sp³-hybridized carbons (Fsp3) is 0.941. The summed E-state index contributed by atoms with van der Waals surface area (Å²) < 4.78 is 1.31. The second-order valence-corrected chi connectivity index (χ2v) is 5.95. The number of carbonyl (C=O) groups excluding carboxylic acids is 1. The molecule has 0 aromatic rings. The van der Waals surface area contributed by atoms with Crippen LogP contribution in [-0.2, 0) is 4.79 Å². The number of ketones is 1. The van der Waals surface area contributed by atoms with E-state index in [0.717, 1.165) is 19.3 Å². The Balaban J connectivity index is 0. The number of halogens is 1. The summed E-state index contributed by atoms with van der Waals surface area (Å²) in [6.07, 6.45) is 15.1. The van der Waals surface area contributed by atoms with E-state index in [4.69, 9.17) is 0 Å². The number of hydrogen-bond acceptors (Lipinski definition) is 1. The van der Waals surface area contributed by atoms with Gasteiger partial charge in [-0.25, -0.2) is 0 Å². The van der Waals surface area contributed by atoms with Gasteiger partial charge in [0.2, 0.25) is 0 Å². The van der Waals surface area contributed by atoms with Crippen LogP contribution in [0.3, 0.4) is 0 Å². The molecule has 0 rings (SSSR count). The lowest BCUT2D eigenvalue weighted by Gasteiger charge is -2.02. The molecule has 0 N–H and O–H groups in total. The first-order valence-corrected chi connectivity index (χ1v) is 9.91. The van der Waals surface area contributed by atoms with Crippen molar-refractivity contribution in [1.29, 1.82) is 0 Å². The van der Waals surface area contributed by atoms with Gasteiger partial charge in [-0.05, 0) is 17.3 Å². The average Bonchev–Trinajstić information content (AvgIpc) is 2.46. The molecule has 0 unspecified atom stereocenters. The topological polar surface area (TPSA) is 17.1 Å². The second kappa shape index (κ2) is 20.7. The SMILES string of the molecule is CC.CCC(=O)CCCCCCCCCCCCI. The van der Waals surface area contributed by atoms with Gasteiger partial charge in [0.05, 0.1) is 0 Å². The Labute approximate surface area is 135 Å². The molecule has 116 valence electrons. The maximum atomic E-state index is 11.1. The van der Waals surface area contributed by atoms with E-state index in [1.54, 1.807) is 0 Å². The van der Waals surface area contributed by atoms with Crippen LogP contribution in [0.2, 0.25) is 0 Å². The average molecular weight is 382 g/mol. The van der Waals surface area contributed by atoms with E-state index in [9.17, 15) is 4.79 Å². The Kier molecular flexibility index (Phi) is 23.6. The lowest BCUT2D eigenvalue weighted by Crippen LogP contribution is -1.94. The standard InChI is InChI=1S/C15H29IO.C2H6/c1-2-15(17)13-11-9-7-5-3-4-6-8-10-12-14-16;1-2/h2-14H2,1H3;1-2H3. The number of carbonyl (C=O) groups is 1. The van der Waals surface area contributed by atoms with Crippen molar-refractivity contribution in [2.24, 2.45) is 0 Å². The fourth-order valence-corrected chi connectivity index (χ4v) is 2.55. The first kappa shape index (κ1) is 21.7. The van der Waals surface area contributed by atoms with Gasteiger partial charge in [-0.1, -0.05) is 94.7 Å². The third-order valence-corrected chi connectivity index (χ3v) is 4.00. The van der Waals surface area contributed by atoms with Gasteiger partial charge in [0.15, 0.2) is 0 Å². The van der Waals surface area contributed by atoms with Crippen molar-refractivity contribution in [3.05, 3.63) is 0 Å². The second-order valence-electron chi connectivity index (χ2n) is 4.87. The highest BCUT2D eigenvalue weighted by molar-refractivity contribution is 14.1. The molecule has 2 heteroatoms. The van der Waals surface area contributed by atoms with Crippen LogP contribution in [0, 0.1) is 0 Å². The van der Waals surface area contributed by atoms with Gasteiger partial charge >= 0.3 is 0 Å². The van der Waals surface area contributed by atoms with Crippen LogP contribution in [0.4, 0.5) is 0 Å². The highest BCUT2D eigenvalue weighted by Gasteiger charge is 1.97. The Morgan fingerprint density at radius 1 is 0.737 bits per heavy atom. The molecule has 1 nitrogen and oxygen atoms in total. The molecule has 0 aliphatic rings. The van der Waals surface area contributed by atoms with Crippen LogP contribution >= 0.6 is 22.6 Å². The molecule has 0 aromatic carbocycles. The van der Waals surface area contributed by atoms with Crippen LogP contribution in [0.15, 0.2) is 0 Å². The lowest BCUT2D eigenvalue weighted by molar-refractivity contribution is -0.118. The molecule has 0 amide bonds. The van der Waals surface area contributed by atoms with Crippen LogP contribution in [-0.4, -0.2) is 10.2 Å². The van der Waals surface area contributed by atoms with E-state index in [2.05, 4.69) is 22.6 Å². The molecule has 0 spiro atoms. The summed E-state index contributed by atoms with van der Waals surface area (Å²) in [6.45, 7) is 5.96. The molecule has 0 atom stereocenters. The Morgan fingerprint density at radius 2 is 1.11 bits per heavy atom. The van der Waals surface area contributed by atoms with Gasteiger partial charge in [0.1, 0.15) is 5.78 Å². The number of rotatable bonds is 13. The van der Waals surface area contributed by atoms with E-state index in [-0.39, 0.29) is 0 Å². The number of hydrogen-bond donors (Lipinski definition) is 0. The molecular weight excluding hydrogens is 347 g/mol. The Hall–Kier alpha value is 0.400. The fourth-order valence-electron chi connectivity index (χ4n) is 2.01. The third-order valence-electron chi connectivity index (χ3n) is 3.23. The van der Waals surface area contributed by atoms with E-state index < -0.39 is 0 Å². The van der Waals surface area contributed by atoms with Crippen LogP contribution < -0.4 is 0 Å². The van der Waals surface area contributed by atoms with Crippen molar-refractivity contribution in [3.63, 3.8) is 0 Å². The molecule has 19 heavy (non-hydrogen) atoms. The minimum atomic E-state index is 0.431. The molecular formula is C17H35IO. The monoisotopic (exact) mass is 382 g/mol. The zero-order valence-corrected chi connectivity index (χ0v) is 15.6. The summed E-state index contributed by atoms with van der Waals surface area (Å²) in [5.74, 6) is 0.431. The molecule has 0 heterocycles. The Morgan fingerprint density at radius 3 is 1.47 bits per heavy atom. The van der Waals surface area contributed by atoms with Gasteiger partial charge in [-0.3, -0.25) is 4.79 Å². The quantitative estimate of drug-likeness (QED) is 0.196. The summed E-state index contributed by atoms with van der Waals surface area (Å²) in [4.78, 5) is 11.1. The van der Waals surface area contributed by atoms with Gasteiger partial charge < -0.3 is 0 Å². The smallest absolute Gasteiger partial charge is 0.132 e. The first-order valence-electron chi connectivity index (χ1n) is 8.39. The van der Waals surface area contributed by atoms with E-state index >= 15 is 0 Å². The molecule has 0 aromatic heterocycles. The predicted molar refractivity (Wildman–Crippen MR) is 96.3 cm³/mol. The van der Waals surface area contributed by atoms with Crippen LogP contribution in [0.25, 0.3) is 0 Å². The van der Waals surface area contributed by atoms with Gasteiger partial charge in [-0.15, -0.1) is 0 Å². The number of unbranched alkanes of at least 4 members (excludes halogenated alkanes) is 9. The van der Waals surface area contributed by atoms with E-state index in [0.29, 0.717) is 5.78 Å². The van der Waals surface area contributed by atoms with Crippen molar-refractivity contribution in [2.45, 2.75) is 97.8 Å². The van der Waals surface area contributed by atoms with Crippen molar-refractivity contribution >= 4 is 28.4 Å². The lowest BCUT2D eigenvalue weighted by atomic mass is 10.0. The molecule has 0 aliphatic heterocycles. The molecule has 0 fully saturated rings. The van der Waals surface area contributed by atoms with Crippen LogP contribution in [0.1, 0.15) is 97.8 Å². The maximum Gasteiger partial charge on any atom is 0.132 e. The zero-order valence-electron chi connectivity index (χ0n) is 13.5. The minimum absolute atomic E-state index is 0.431. The van der Waals surface area contributed by atoms with E-state index in [1.807, 2.05) is 20.8 Å². The predicted octanol–water partition coefficient (Wildman–Crippen LogP) is 6.72. The first-order chi connectivity index (χ1) is 9.31. The molecule has 0 aliphatic carbocycles. The largest absolute Gasteiger partial charge is 0.300 e. The molecule has 0 saturated carbocycles. The summed E-state index contributed by atoms with van der Waals surface area (Å²) in [6, 6.07) is 0. The highest BCUT2D eigenvalue weighted by Crippen LogP contribution is 2.12. The van der Waals surface area contributed by atoms with Crippen LogP contribution in [0.5, 0.6) is 0 Å². The molecule has 0 saturated heterocycles. The summed E-state index contributed by atoms with van der Waals surface area (Å²) in [5, 5.41) is 0. The number of Topliss-reactive ketones (excluding diaryl/α,β-unsaturated/α-hetero) is 1. The maximum absolute atomic E-state index is 11.1. The summed E-state index contributed by atoms with van der Waals surface area (Å²) >= 11 is 2.46. The molecule has 0 bridgehead atoms. The van der Waals surface area contributed by atoms with Crippen molar-refractivity contribution in [2.75, 3.05) is 4.43 Å². The molecule has 0 radical (unpaired) electrons. The van der Waals surface area contributed by atoms with Gasteiger partial charge in [0.25, 0.3) is 0 Å². The van der Waals surface area contributed by atoms with E-state index in [1.165, 1.54) is 62.2 Å². The summed E-state index contributed by atoms with van der Waals surface area (Å²) in [7, 11) is 0.